The molecule has 1 N–H and O–H groups in total. The van der Waals surface area contributed by atoms with Gasteiger partial charge in [-0.1, -0.05) is 18.0 Å². The van der Waals surface area contributed by atoms with Gasteiger partial charge in [0.25, 0.3) is 0 Å². The summed E-state index contributed by atoms with van der Waals surface area (Å²) in [5.74, 6) is 0.888. The molecule has 1 atom stereocenters. The standard InChI is InChI=1S/C17H27ClN2O/c1-14(2)20(13-16-5-3-4-10-19-16)11-12-21-17-8-6-15(18)7-9-17/h6-9,14,16,19H,3-5,10-13H2,1-2H3. The number of hydrogen-bond acceptors (Lipinski definition) is 3. The summed E-state index contributed by atoms with van der Waals surface area (Å²) in [5, 5.41) is 4.37. The molecule has 0 amide bonds. The molecule has 4 heteroatoms. The van der Waals surface area contributed by atoms with E-state index in [9.17, 15) is 0 Å². The Morgan fingerprint density at radius 1 is 1.29 bits per heavy atom. The maximum Gasteiger partial charge on any atom is 0.119 e. The van der Waals surface area contributed by atoms with E-state index in [1.54, 1.807) is 0 Å². The van der Waals surface area contributed by atoms with Gasteiger partial charge in [-0.3, -0.25) is 4.90 Å². The molecule has 0 aliphatic carbocycles. The fraction of sp³-hybridized carbons (Fsp3) is 0.647. The van der Waals surface area contributed by atoms with Crippen LogP contribution in [0.2, 0.25) is 5.02 Å². The summed E-state index contributed by atoms with van der Waals surface area (Å²) in [6, 6.07) is 8.75. The number of halogens is 1. The number of hydrogen-bond donors (Lipinski definition) is 1. The van der Waals surface area contributed by atoms with Crippen molar-refractivity contribution in [2.24, 2.45) is 0 Å². The van der Waals surface area contributed by atoms with E-state index in [-0.39, 0.29) is 0 Å². The van der Waals surface area contributed by atoms with Crippen LogP contribution in [-0.4, -0.2) is 43.2 Å². The Hall–Kier alpha value is -0.770. The first kappa shape index (κ1) is 16.6. The molecule has 1 aliphatic rings. The summed E-state index contributed by atoms with van der Waals surface area (Å²) in [7, 11) is 0. The highest BCUT2D eigenvalue weighted by Crippen LogP contribution is 2.16. The lowest BCUT2D eigenvalue weighted by atomic mass is 10.0. The summed E-state index contributed by atoms with van der Waals surface area (Å²) in [6.45, 7) is 8.46. The van der Waals surface area contributed by atoms with Crippen molar-refractivity contribution in [1.29, 1.82) is 0 Å². The van der Waals surface area contributed by atoms with Crippen molar-refractivity contribution in [3.05, 3.63) is 29.3 Å². The number of nitrogens with one attached hydrogen (secondary N) is 1. The van der Waals surface area contributed by atoms with Crippen molar-refractivity contribution in [2.75, 3.05) is 26.2 Å². The van der Waals surface area contributed by atoms with Crippen LogP contribution >= 0.6 is 11.6 Å². The number of rotatable bonds is 7. The molecule has 1 heterocycles. The van der Waals surface area contributed by atoms with E-state index in [4.69, 9.17) is 16.3 Å². The third-order valence-electron chi connectivity index (χ3n) is 4.06. The Morgan fingerprint density at radius 3 is 2.67 bits per heavy atom. The first-order valence-corrected chi connectivity index (χ1v) is 8.39. The normalized spacial score (nSPS) is 19.2. The molecule has 3 nitrogen and oxygen atoms in total. The molecular formula is C17H27ClN2O. The summed E-state index contributed by atoms with van der Waals surface area (Å²) in [6.07, 6.45) is 3.96. The van der Waals surface area contributed by atoms with Gasteiger partial charge in [-0.25, -0.2) is 0 Å². The van der Waals surface area contributed by atoms with Gasteiger partial charge in [0.05, 0.1) is 0 Å². The molecule has 1 fully saturated rings. The maximum absolute atomic E-state index is 5.88. The Labute approximate surface area is 133 Å². The zero-order chi connectivity index (χ0) is 15.1. The maximum atomic E-state index is 5.88. The Kier molecular flexibility index (Phi) is 6.81. The van der Waals surface area contributed by atoms with Gasteiger partial charge in [-0.15, -0.1) is 0 Å². The molecule has 1 aromatic carbocycles. The molecule has 0 radical (unpaired) electrons. The van der Waals surface area contributed by atoms with Crippen LogP contribution in [0.25, 0.3) is 0 Å². The van der Waals surface area contributed by atoms with Crippen LogP contribution in [0.1, 0.15) is 33.1 Å². The van der Waals surface area contributed by atoms with Crippen LogP contribution in [0.3, 0.4) is 0 Å². The van der Waals surface area contributed by atoms with E-state index in [1.807, 2.05) is 24.3 Å². The van der Waals surface area contributed by atoms with Crippen molar-refractivity contribution in [2.45, 2.75) is 45.2 Å². The third kappa shape index (κ3) is 5.85. The Balaban J connectivity index is 1.75. The monoisotopic (exact) mass is 310 g/mol. The first-order chi connectivity index (χ1) is 10.1. The summed E-state index contributed by atoms with van der Waals surface area (Å²) >= 11 is 5.88. The highest BCUT2D eigenvalue weighted by Gasteiger charge is 2.18. The van der Waals surface area contributed by atoms with Crippen LogP contribution in [0.5, 0.6) is 5.75 Å². The minimum absolute atomic E-state index is 0.544. The largest absolute Gasteiger partial charge is 0.492 e. The molecule has 118 valence electrons. The second-order valence-corrected chi connectivity index (χ2v) is 6.47. The van der Waals surface area contributed by atoms with Crippen molar-refractivity contribution in [3.63, 3.8) is 0 Å². The average molecular weight is 311 g/mol. The van der Waals surface area contributed by atoms with Crippen molar-refractivity contribution in [3.8, 4) is 5.75 Å². The number of nitrogens with zero attached hydrogens (tertiary/aromatic N) is 1. The van der Waals surface area contributed by atoms with Gasteiger partial charge in [-0.05, 0) is 57.5 Å². The minimum atomic E-state index is 0.544. The molecule has 0 saturated carbocycles. The fourth-order valence-electron chi connectivity index (χ4n) is 2.73. The fourth-order valence-corrected chi connectivity index (χ4v) is 2.86. The van der Waals surface area contributed by atoms with E-state index in [0.29, 0.717) is 18.7 Å². The van der Waals surface area contributed by atoms with Crippen molar-refractivity contribution < 1.29 is 4.74 Å². The van der Waals surface area contributed by atoms with Gasteiger partial charge in [0.2, 0.25) is 0 Å². The quantitative estimate of drug-likeness (QED) is 0.833. The molecule has 0 aromatic heterocycles. The predicted octanol–water partition coefficient (Wildman–Crippen LogP) is 3.57. The molecular weight excluding hydrogens is 284 g/mol. The summed E-state index contributed by atoms with van der Waals surface area (Å²) in [4.78, 5) is 2.50. The molecule has 0 spiro atoms. The van der Waals surface area contributed by atoms with Crippen LogP contribution in [0.4, 0.5) is 0 Å². The lowest BCUT2D eigenvalue weighted by Crippen LogP contribution is -2.47. The minimum Gasteiger partial charge on any atom is -0.492 e. The second-order valence-electron chi connectivity index (χ2n) is 6.04. The van der Waals surface area contributed by atoms with Crippen LogP contribution in [0.15, 0.2) is 24.3 Å². The second kappa shape index (κ2) is 8.62. The summed E-state index contributed by atoms with van der Waals surface area (Å²) in [5.41, 5.74) is 0. The predicted molar refractivity (Wildman–Crippen MR) is 89.3 cm³/mol. The highest BCUT2D eigenvalue weighted by atomic mass is 35.5. The molecule has 2 rings (SSSR count). The lowest BCUT2D eigenvalue weighted by molar-refractivity contribution is 0.153. The number of benzene rings is 1. The Morgan fingerprint density at radius 2 is 2.05 bits per heavy atom. The van der Waals surface area contributed by atoms with Crippen molar-refractivity contribution >= 4 is 11.6 Å². The summed E-state index contributed by atoms with van der Waals surface area (Å²) < 4.78 is 5.81. The SMILES string of the molecule is CC(C)N(CCOc1ccc(Cl)cc1)CC1CCCCN1. The van der Waals surface area contributed by atoms with Gasteiger partial charge in [0.1, 0.15) is 12.4 Å². The first-order valence-electron chi connectivity index (χ1n) is 8.01. The smallest absolute Gasteiger partial charge is 0.119 e. The van der Waals surface area contributed by atoms with Gasteiger partial charge >= 0.3 is 0 Å². The van der Waals surface area contributed by atoms with Gasteiger partial charge in [0.15, 0.2) is 0 Å². The molecule has 0 bridgehead atoms. The van der Waals surface area contributed by atoms with Crippen molar-refractivity contribution in [1.82, 2.24) is 10.2 Å². The van der Waals surface area contributed by atoms with Crippen LogP contribution in [0, 0.1) is 0 Å². The van der Waals surface area contributed by atoms with E-state index in [0.717, 1.165) is 30.4 Å². The molecule has 1 aromatic rings. The van der Waals surface area contributed by atoms with Gasteiger partial charge in [-0.2, -0.15) is 0 Å². The van der Waals surface area contributed by atoms with Gasteiger partial charge < -0.3 is 10.1 Å². The molecule has 1 unspecified atom stereocenters. The zero-order valence-corrected chi connectivity index (χ0v) is 13.9. The third-order valence-corrected chi connectivity index (χ3v) is 4.31. The van der Waals surface area contributed by atoms with Crippen LogP contribution in [-0.2, 0) is 0 Å². The molecule has 1 aliphatic heterocycles. The molecule has 1 saturated heterocycles. The topological polar surface area (TPSA) is 24.5 Å². The van der Waals surface area contributed by atoms with E-state index >= 15 is 0 Å². The molecule has 21 heavy (non-hydrogen) atoms. The Bertz CT molecular complexity index is 402. The van der Waals surface area contributed by atoms with Gasteiger partial charge in [0, 0.05) is 30.2 Å². The van der Waals surface area contributed by atoms with E-state index in [1.165, 1.54) is 19.3 Å². The number of ether oxygens (including phenoxy) is 1. The van der Waals surface area contributed by atoms with E-state index in [2.05, 4.69) is 24.1 Å². The lowest BCUT2D eigenvalue weighted by Gasteiger charge is -2.33. The zero-order valence-electron chi connectivity index (χ0n) is 13.1. The average Bonchev–Trinajstić information content (AvgIpc) is 2.49. The van der Waals surface area contributed by atoms with E-state index < -0.39 is 0 Å². The number of piperidine rings is 1. The highest BCUT2D eigenvalue weighted by molar-refractivity contribution is 6.30. The van der Waals surface area contributed by atoms with Crippen LogP contribution < -0.4 is 10.1 Å².